The molecular formula is C22H23F2N3O5S. The van der Waals surface area contributed by atoms with Crippen molar-refractivity contribution < 1.29 is 31.5 Å². The van der Waals surface area contributed by atoms with Gasteiger partial charge in [0, 0.05) is 25.2 Å². The van der Waals surface area contributed by atoms with Crippen molar-refractivity contribution in [2.45, 2.75) is 37.7 Å². The highest BCUT2D eigenvalue weighted by atomic mass is 32.2. The smallest absolute Gasteiger partial charge is 0.265 e. The van der Waals surface area contributed by atoms with Crippen LogP contribution in [0.25, 0.3) is 0 Å². The Morgan fingerprint density at radius 3 is 2.76 bits per heavy atom. The Labute approximate surface area is 190 Å². The second-order valence-corrected chi connectivity index (χ2v) is 10.1. The van der Waals surface area contributed by atoms with E-state index in [1.807, 2.05) is 0 Å². The first kappa shape index (κ1) is 23.1. The first-order chi connectivity index (χ1) is 15.6. The number of sulfonamides is 1. The first-order valence-electron chi connectivity index (χ1n) is 10.4. The number of aryl methyl sites for hydroxylation is 1. The highest BCUT2D eigenvalue weighted by Gasteiger charge is 2.35. The van der Waals surface area contributed by atoms with Crippen LogP contribution in [0.4, 0.5) is 20.2 Å². The predicted octanol–water partition coefficient (Wildman–Crippen LogP) is 3.03. The third-order valence-corrected chi connectivity index (χ3v) is 7.77. The molecule has 8 nitrogen and oxygen atoms in total. The minimum Gasteiger partial charge on any atom is -0.479 e. The lowest BCUT2D eigenvalue weighted by Gasteiger charge is -2.32. The average Bonchev–Trinajstić information content (AvgIpc) is 2.77. The Kier molecular flexibility index (Phi) is 6.10. The van der Waals surface area contributed by atoms with Crippen molar-refractivity contribution in [1.29, 1.82) is 0 Å². The molecule has 0 bridgehead atoms. The summed E-state index contributed by atoms with van der Waals surface area (Å²) in [5, 5.41) is 5.04. The highest BCUT2D eigenvalue weighted by molar-refractivity contribution is 7.89. The molecule has 2 aliphatic rings. The Bertz CT molecular complexity index is 1230. The number of nitrogens with one attached hydrogen (secondary N) is 2. The molecule has 4 rings (SSSR count). The zero-order valence-electron chi connectivity index (χ0n) is 18.0. The quantitative estimate of drug-likeness (QED) is 0.702. The van der Waals surface area contributed by atoms with E-state index in [0.29, 0.717) is 24.1 Å². The van der Waals surface area contributed by atoms with Gasteiger partial charge in [-0.3, -0.25) is 9.59 Å². The van der Waals surface area contributed by atoms with Gasteiger partial charge in [-0.25, -0.2) is 17.2 Å². The maximum atomic E-state index is 13.9. The van der Waals surface area contributed by atoms with Gasteiger partial charge in [-0.05, 0) is 50.5 Å². The highest BCUT2D eigenvalue weighted by Crippen LogP contribution is 2.36. The number of anilines is 2. The van der Waals surface area contributed by atoms with Crippen LogP contribution in [0.3, 0.4) is 0 Å². The van der Waals surface area contributed by atoms with Crippen LogP contribution in [0.1, 0.15) is 25.3 Å². The van der Waals surface area contributed by atoms with Crippen LogP contribution in [0, 0.1) is 24.5 Å². The minimum atomic E-state index is -3.98. The van der Waals surface area contributed by atoms with Gasteiger partial charge in [-0.1, -0.05) is 0 Å². The number of piperidine rings is 1. The molecule has 1 fully saturated rings. The van der Waals surface area contributed by atoms with Crippen molar-refractivity contribution in [3.8, 4) is 5.75 Å². The third kappa shape index (κ3) is 4.55. The maximum absolute atomic E-state index is 13.9. The largest absolute Gasteiger partial charge is 0.479 e. The Morgan fingerprint density at radius 1 is 1.24 bits per heavy atom. The van der Waals surface area contributed by atoms with E-state index in [2.05, 4.69) is 10.6 Å². The molecule has 2 amide bonds. The molecule has 2 heterocycles. The van der Waals surface area contributed by atoms with Crippen molar-refractivity contribution in [2.75, 3.05) is 23.7 Å². The van der Waals surface area contributed by atoms with Crippen molar-refractivity contribution in [2.24, 2.45) is 5.92 Å². The normalized spacial score (nSPS) is 21.0. The van der Waals surface area contributed by atoms with E-state index in [1.165, 1.54) is 16.4 Å². The second-order valence-electron chi connectivity index (χ2n) is 8.18. The molecule has 0 unspecified atom stereocenters. The molecule has 1 saturated heterocycles. The fraction of sp³-hybridized carbons (Fsp3) is 0.364. The summed E-state index contributed by atoms with van der Waals surface area (Å²) < 4.78 is 60.9. The molecule has 0 spiro atoms. The predicted molar refractivity (Wildman–Crippen MR) is 116 cm³/mol. The van der Waals surface area contributed by atoms with Gasteiger partial charge >= 0.3 is 0 Å². The summed E-state index contributed by atoms with van der Waals surface area (Å²) in [6, 6.07) is 5.64. The van der Waals surface area contributed by atoms with E-state index < -0.39 is 39.6 Å². The van der Waals surface area contributed by atoms with E-state index in [9.17, 15) is 26.8 Å². The summed E-state index contributed by atoms with van der Waals surface area (Å²) in [4.78, 5) is 24.5. The number of hydrogen-bond acceptors (Lipinski definition) is 5. The van der Waals surface area contributed by atoms with Crippen LogP contribution in [0.5, 0.6) is 5.75 Å². The van der Waals surface area contributed by atoms with Crippen LogP contribution in [-0.4, -0.2) is 43.7 Å². The number of carbonyl (C=O) groups is 2. The van der Waals surface area contributed by atoms with E-state index in [-0.39, 0.29) is 35.3 Å². The van der Waals surface area contributed by atoms with Gasteiger partial charge in [-0.2, -0.15) is 4.31 Å². The molecule has 2 atom stereocenters. The number of nitrogens with zero attached hydrogens (tertiary/aromatic N) is 1. The second kappa shape index (κ2) is 8.71. The number of rotatable bonds is 4. The van der Waals surface area contributed by atoms with Crippen LogP contribution in [0.2, 0.25) is 0 Å². The molecule has 0 aromatic heterocycles. The van der Waals surface area contributed by atoms with Gasteiger partial charge in [0.2, 0.25) is 15.9 Å². The third-order valence-electron chi connectivity index (χ3n) is 5.77. The SMILES string of the molecule is Cc1cc2c(cc1S(=O)(=O)N1CCC[C@@H](C(=O)Nc3cc(F)ccc3F)C1)O[C@H](C)C(=O)N2. The van der Waals surface area contributed by atoms with Crippen molar-refractivity contribution >= 4 is 33.2 Å². The fourth-order valence-corrected chi connectivity index (χ4v) is 5.71. The molecule has 2 aromatic carbocycles. The van der Waals surface area contributed by atoms with E-state index in [1.54, 1.807) is 13.8 Å². The summed E-state index contributed by atoms with van der Waals surface area (Å²) in [6.45, 7) is 3.28. The molecule has 2 aliphatic heterocycles. The first-order valence-corrected chi connectivity index (χ1v) is 11.9. The van der Waals surface area contributed by atoms with Crippen LogP contribution < -0.4 is 15.4 Å². The van der Waals surface area contributed by atoms with Crippen LogP contribution in [0.15, 0.2) is 35.2 Å². The zero-order chi connectivity index (χ0) is 23.9. The molecule has 0 radical (unpaired) electrons. The van der Waals surface area contributed by atoms with Crippen molar-refractivity contribution in [1.82, 2.24) is 4.31 Å². The summed E-state index contributed by atoms with van der Waals surface area (Å²) in [7, 11) is -3.98. The average molecular weight is 480 g/mol. The summed E-state index contributed by atoms with van der Waals surface area (Å²) in [6.07, 6.45) is 0.0725. The number of hydrogen-bond donors (Lipinski definition) is 2. The van der Waals surface area contributed by atoms with Gasteiger partial charge in [0.25, 0.3) is 5.91 Å². The molecule has 0 saturated carbocycles. The zero-order valence-corrected chi connectivity index (χ0v) is 18.8. The van der Waals surface area contributed by atoms with Crippen LogP contribution in [-0.2, 0) is 19.6 Å². The maximum Gasteiger partial charge on any atom is 0.265 e. The molecule has 33 heavy (non-hydrogen) atoms. The van der Waals surface area contributed by atoms with Gasteiger partial charge in [0.05, 0.1) is 22.2 Å². The lowest BCUT2D eigenvalue weighted by atomic mass is 9.98. The molecular weight excluding hydrogens is 456 g/mol. The monoisotopic (exact) mass is 479 g/mol. The van der Waals surface area contributed by atoms with Gasteiger partial charge in [0.1, 0.15) is 17.4 Å². The molecule has 2 N–H and O–H groups in total. The molecule has 2 aromatic rings. The number of ether oxygens (including phenoxy) is 1. The Morgan fingerprint density at radius 2 is 2.00 bits per heavy atom. The fourth-order valence-electron chi connectivity index (χ4n) is 3.96. The van der Waals surface area contributed by atoms with Gasteiger partial charge < -0.3 is 15.4 Å². The summed E-state index contributed by atoms with van der Waals surface area (Å²) >= 11 is 0. The van der Waals surface area contributed by atoms with E-state index in [4.69, 9.17) is 4.74 Å². The lowest BCUT2D eigenvalue weighted by molar-refractivity contribution is -0.123. The van der Waals surface area contributed by atoms with Crippen molar-refractivity contribution in [3.63, 3.8) is 0 Å². The number of carbonyl (C=O) groups excluding carboxylic acids is 2. The number of amides is 2. The summed E-state index contributed by atoms with van der Waals surface area (Å²) in [5.74, 6) is -2.87. The lowest BCUT2D eigenvalue weighted by Crippen LogP contribution is -2.44. The Hall–Kier alpha value is -3.05. The number of halogens is 2. The topological polar surface area (TPSA) is 105 Å². The van der Waals surface area contributed by atoms with E-state index in [0.717, 1.165) is 18.2 Å². The van der Waals surface area contributed by atoms with E-state index >= 15 is 0 Å². The molecule has 0 aliphatic carbocycles. The standard InChI is InChI=1S/C22H23F2N3O5S/c1-12-8-18-19(32-13(2)21(28)26-18)10-20(12)33(30,31)27-7-3-4-14(11-27)22(29)25-17-9-15(23)5-6-16(17)24/h5-6,8-10,13-14H,3-4,7,11H2,1-2H3,(H,25,29)(H,26,28)/t13-,14-/m1/s1. The minimum absolute atomic E-state index is 0.0156. The molecule has 11 heteroatoms. The summed E-state index contributed by atoms with van der Waals surface area (Å²) in [5.41, 5.74) is 0.516. The van der Waals surface area contributed by atoms with Gasteiger partial charge in [-0.15, -0.1) is 0 Å². The van der Waals surface area contributed by atoms with Crippen molar-refractivity contribution in [3.05, 3.63) is 47.5 Å². The van der Waals surface area contributed by atoms with Gasteiger partial charge in [0.15, 0.2) is 6.10 Å². The number of benzene rings is 2. The molecule has 176 valence electrons. The Balaban J connectivity index is 1.55. The number of fused-ring (bicyclic) bond motifs is 1. The van der Waals surface area contributed by atoms with Crippen LogP contribution >= 0.6 is 0 Å².